The van der Waals surface area contributed by atoms with E-state index in [1.54, 1.807) is 0 Å². The van der Waals surface area contributed by atoms with Gasteiger partial charge in [0.25, 0.3) is 0 Å². The van der Waals surface area contributed by atoms with E-state index in [2.05, 4.69) is 4.99 Å². The molecule has 0 N–H and O–H groups in total. The summed E-state index contributed by atoms with van der Waals surface area (Å²) in [5.41, 5.74) is 0.794. The zero-order valence-corrected chi connectivity index (χ0v) is 9.23. The fourth-order valence-electron chi connectivity index (χ4n) is 1.05. The first-order valence-electron chi connectivity index (χ1n) is 4.91. The van der Waals surface area contributed by atoms with Crippen molar-refractivity contribution in [3.05, 3.63) is 30.3 Å². The Morgan fingerprint density at radius 1 is 1.27 bits per heavy atom. The molecule has 0 saturated heterocycles. The summed E-state index contributed by atoms with van der Waals surface area (Å²) in [6.07, 6.45) is 0. The van der Waals surface area contributed by atoms with Crippen LogP contribution in [0.2, 0.25) is 0 Å². The summed E-state index contributed by atoms with van der Waals surface area (Å²) in [6.45, 7) is 5.25. The second-order valence-corrected chi connectivity index (χ2v) is 3.53. The molecule has 0 amide bonds. The number of carbonyl (C=O) groups excluding carboxylic acids is 1. The van der Waals surface area contributed by atoms with Gasteiger partial charge in [0.15, 0.2) is 0 Å². The Morgan fingerprint density at radius 2 is 1.87 bits per heavy atom. The Kier molecular flexibility index (Phi) is 4.03. The lowest BCUT2D eigenvalue weighted by Gasteiger charge is -2.08. The first kappa shape index (κ1) is 11.4. The lowest BCUT2D eigenvalue weighted by Crippen LogP contribution is -2.15. The molecule has 1 rings (SSSR count). The molecule has 0 bridgehead atoms. The molecule has 0 aliphatic carbocycles. The number of aliphatic imine (C=N–C) groups is 1. The summed E-state index contributed by atoms with van der Waals surface area (Å²) in [6, 6.07) is 9.44. The Bertz CT molecular complexity index is 355. The summed E-state index contributed by atoms with van der Waals surface area (Å²) in [4.78, 5) is 15.1. The summed E-state index contributed by atoms with van der Waals surface area (Å²) < 4.78 is 5.03. The number of para-hydroxylation sites is 1. The molecule has 1 aromatic rings. The van der Waals surface area contributed by atoms with Gasteiger partial charge in [-0.05, 0) is 12.1 Å². The summed E-state index contributed by atoms with van der Waals surface area (Å²) in [7, 11) is 0. The number of hydrogen-bond acceptors (Lipinski definition) is 3. The van der Waals surface area contributed by atoms with Gasteiger partial charge in [-0.15, -0.1) is 0 Å². The Labute approximate surface area is 89.8 Å². The van der Waals surface area contributed by atoms with Crippen LogP contribution < -0.4 is 0 Å². The maximum Gasteiger partial charge on any atom is 0.309 e. The number of rotatable bonds is 2. The molecule has 0 spiro atoms. The molecule has 0 atom stereocenters. The minimum Gasteiger partial charge on any atom is -0.411 e. The molecule has 1 aromatic carbocycles. The molecular weight excluding hydrogens is 190 g/mol. The maximum absolute atomic E-state index is 10.8. The summed E-state index contributed by atoms with van der Waals surface area (Å²) in [5, 5.41) is 0. The van der Waals surface area contributed by atoms with Crippen LogP contribution in [0.15, 0.2) is 35.3 Å². The van der Waals surface area contributed by atoms with E-state index in [9.17, 15) is 4.79 Å². The van der Waals surface area contributed by atoms with Crippen molar-refractivity contribution in [1.82, 2.24) is 0 Å². The van der Waals surface area contributed by atoms with E-state index >= 15 is 0 Å². The van der Waals surface area contributed by atoms with Crippen molar-refractivity contribution in [2.45, 2.75) is 20.8 Å². The number of esters is 1. The highest BCUT2D eigenvalue weighted by Gasteiger charge is 2.09. The van der Waals surface area contributed by atoms with Crippen LogP contribution in [0.1, 0.15) is 20.8 Å². The molecule has 0 unspecified atom stereocenters. The van der Waals surface area contributed by atoms with Gasteiger partial charge in [-0.1, -0.05) is 32.0 Å². The minimum absolute atomic E-state index is 0.0918. The molecule has 0 aliphatic heterocycles. The smallest absolute Gasteiger partial charge is 0.309 e. The predicted octanol–water partition coefficient (Wildman–Crippen LogP) is 2.94. The molecule has 0 aliphatic rings. The SMILES string of the molecule is CC(=O)OC(=Nc1ccccc1)C(C)C. The van der Waals surface area contributed by atoms with Gasteiger partial charge in [0.05, 0.1) is 5.69 Å². The van der Waals surface area contributed by atoms with Crippen molar-refractivity contribution in [2.75, 3.05) is 0 Å². The van der Waals surface area contributed by atoms with E-state index in [4.69, 9.17) is 4.74 Å². The fourth-order valence-corrected chi connectivity index (χ4v) is 1.05. The average Bonchev–Trinajstić information content (AvgIpc) is 2.17. The van der Waals surface area contributed by atoms with Crippen LogP contribution in [0, 0.1) is 5.92 Å². The maximum atomic E-state index is 10.8. The van der Waals surface area contributed by atoms with Crippen LogP contribution in [0.3, 0.4) is 0 Å². The zero-order valence-electron chi connectivity index (χ0n) is 9.23. The Balaban J connectivity index is 2.89. The van der Waals surface area contributed by atoms with E-state index < -0.39 is 0 Å². The first-order valence-corrected chi connectivity index (χ1v) is 4.91. The van der Waals surface area contributed by atoms with Crippen molar-refractivity contribution >= 4 is 17.6 Å². The first-order chi connectivity index (χ1) is 7.09. The monoisotopic (exact) mass is 205 g/mol. The average molecular weight is 205 g/mol. The summed E-state index contributed by atoms with van der Waals surface area (Å²) >= 11 is 0. The van der Waals surface area contributed by atoms with Crippen LogP contribution >= 0.6 is 0 Å². The molecular formula is C12H15NO2. The van der Waals surface area contributed by atoms with Gasteiger partial charge in [0.2, 0.25) is 5.90 Å². The van der Waals surface area contributed by atoms with Crippen molar-refractivity contribution in [1.29, 1.82) is 0 Å². The normalized spacial score (nSPS) is 11.6. The zero-order chi connectivity index (χ0) is 11.3. The second kappa shape index (κ2) is 5.29. The molecule has 80 valence electrons. The van der Waals surface area contributed by atoms with Crippen molar-refractivity contribution in [3.63, 3.8) is 0 Å². The lowest BCUT2D eigenvalue weighted by atomic mass is 10.2. The highest BCUT2D eigenvalue weighted by atomic mass is 16.5. The van der Waals surface area contributed by atoms with Gasteiger partial charge in [-0.3, -0.25) is 4.79 Å². The molecule has 15 heavy (non-hydrogen) atoms. The Hall–Kier alpha value is -1.64. The minimum atomic E-state index is -0.335. The predicted molar refractivity (Wildman–Crippen MR) is 60.1 cm³/mol. The standard InChI is InChI=1S/C12H15NO2/c1-9(2)12(15-10(3)14)13-11-7-5-4-6-8-11/h4-9H,1-3H3. The van der Waals surface area contributed by atoms with Crippen LogP contribution in [-0.2, 0) is 9.53 Å². The van der Waals surface area contributed by atoms with Gasteiger partial charge < -0.3 is 4.74 Å². The number of nitrogens with zero attached hydrogens (tertiary/aromatic N) is 1. The largest absolute Gasteiger partial charge is 0.411 e. The van der Waals surface area contributed by atoms with Crippen molar-refractivity contribution in [3.8, 4) is 0 Å². The molecule has 0 saturated carbocycles. The van der Waals surface area contributed by atoms with Crippen LogP contribution in [0.25, 0.3) is 0 Å². The number of ether oxygens (including phenoxy) is 1. The quantitative estimate of drug-likeness (QED) is 0.423. The van der Waals surface area contributed by atoms with E-state index in [0.717, 1.165) is 5.69 Å². The lowest BCUT2D eigenvalue weighted by molar-refractivity contribution is -0.133. The second-order valence-electron chi connectivity index (χ2n) is 3.53. The highest BCUT2D eigenvalue weighted by molar-refractivity contribution is 5.90. The third kappa shape index (κ3) is 3.94. The molecule has 3 nitrogen and oxygen atoms in total. The highest BCUT2D eigenvalue weighted by Crippen LogP contribution is 2.13. The Morgan fingerprint density at radius 3 is 2.33 bits per heavy atom. The van der Waals surface area contributed by atoms with Gasteiger partial charge >= 0.3 is 5.97 Å². The topological polar surface area (TPSA) is 38.7 Å². The van der Waals surface area contributed by atoms with Crippen LogP contribution in [-0.4, -0.2) is 11.9 Å². The van der Waals surface area contributed by atoms with Crippen molar-refractivity contribution < 1.29 is 9.53 Å². The van der Waals surface area contributed by atoms with E-state index in [1.165, 1.54) is 6.92 Å². The van der Waals surface area contributed by atoms with Crippen LogP contribution in [0.5, 0.6) is 0 Å². The molecule has 0 radical (unpaired) electrons. The van der Waals surface area contributed by atoms with E-state index in [1.807, 2.05) is 44.2 Å². The van der Waals surface area contributed by atoms with E-state index in [-0.39, 0.29) is 11.9 Å². The van der Waals surface area contributed by atoms with Crippen molar-refractivity contribution in [2.24, 2.45) is 10.9 Å². The fraction of sp³-hybridized carbons (Fsp3) is 0.333. The molecule has 0 heterocycles. The number of benzene rings is 1. The number of carbonyl (C=O) groups is 1. The summed E-state index contributed by atoms with van der Waals surface area (Å²) in [5.74, 6) is 0.209. The molecule has 0 fully saturated rings. The molecule has 0 aromatic heterocycles. The molecule has 3 heteroatoms. The number of hydrogen-bond donors (Lipinski definition) is 0. The van der Waals surface area contributed by atoms with Gasteiger partial charge in [0, 0.05) is 12.8 Å². The van der Waals surface area contributed by atoms with Gasteiger partial charge in [-0.25, -0.2) is 4.99 Å². The van der Waals surface area contributed by atoms with Gasteiger partial charge in [-0.2, -0.15) is 0 Å². The van der Waals surface area contributed by atoms with E-state index in [0.29, 0.717) is 5.90 Å². The van der Waals surface area contributed by atoms with Gasteiger partial charge in [0.1, 0.15) is 0 Å². The third-order valence-electron chi connectivity index (χ3n) is 1.74. The third-order valence-corrected chi connectivity index (χ3v) is 1.74. The van der Waals surface area contributed by atoms with Crippen LogP contribution in [0.4, 0.5) is 5.69 Å².